The lowest BCUT2D eigenvalue weighted by Gasteiger charge is -2.22. The van der Waals surface area contributed by atoms with Gasteiger partial charge in [0.05, 0.1) is 5.54 Å². The lowest BCUT2D eigenvalue weighted by molar-refractivity contribution is -0.120. The van der Waals surface area contributed by atoms with Gasteiger partial charge in [-0.2, -0.15) is 0 Å². The fourth-order valence-corrected chi connectivity index (χ4v) is 2.64. The average Bonchev–Trinajstić information content (AvgIpc) is 2.93. The highest BCUT2D eigenvalue weighted by Crippen LogP contribution is 2.25. The molecule has 2 rings (SSSR count). The van der Waals surface area contributed by atoms with E-state index in [9.17, 15) is 4.79 Å². The van der Waals surface area contributed by atoms with Crippen LogP contribution < -0.4 is 11.1 Å². The lowest BCUT2D eigenvalue weighted by atomic mass is 9.96. The normalized spacial score (nSPS) is 13.1. The van der Waals surface area contributed by atoms with E-state index in [1.54, 1.807) is 24.5 Å². The summed E-state index contributed by atoms with van der Waals surface area (Å²) in [5.74, 6) is -0.157. The van der Waals surface area contributed by atoms with Gasteiger partial charge in [-0.1, -0.05) is 25.5 Å². The number of nitrogens with two attached hydrogens (primary N) is 1. The van der Waals surface area contributed by atoms with Crippen LogP contribution in [0.5, 0.6) is 0 Å². The van der Waals surface area contributed by atoms with Crippen LogP contribution in [0.25, 0.3) is 10.6 Å². The molecule has 0 radical (unpaired) electrons. The molecular formula is C15H20ClN3OS. The molecule has 0 fully saturated rings. The number of anilines is 1. The summed E-state index contributed by atoms with van der Waals surface area (Å²) < 4.78 is 0. The van der Waals surface area contributed by atoms with Gasteiger partial charge >= 0.3 is 0 Å². The van der Waals surface area contributed by atoms with Gasteiger partial charge in [-0.25, -0.2) is 4.98 Å². The molecule has 21 heavy (non-hydrogen) atoms. The number of hydrogen-bond acceptors (Lipinski definition) is 4. The summed E-state index contributed by atoms with van der Waals surface area (Å²) in [7, 11) is 0. The number of halogens is 1. The van der Waals surface area contributed by atoms with Gasteiger partial charge in [0.2, 0.25) is 5.91 Å². The van der Waals surface area contributed by atoms with Gasteiger partial charge in [-0.15, -0.1) is 23.7 Å². The SMILES string of the molecule is CCCC(C)(N)C(=O)Nc1cccc(-c2nccs2)c1.Cl. The average molecular weight is 326 g/mol. The zero-order chi connectivity index (χ0) is 14.6. The Balaban J connectivity index is 0.00000220. The second kappa shape index (κ2) is 7.54. The summed E-state index contributed by atoms with van der Waals surface area (Å²) in [4.78, 5) is 16.4. The largest absolute Gasteiger partial charge is 0.324 e. The molecule has 0 saturated heterocycles. The smallest absolute Gasteiger partial charge is 0.244 e. The van der Waals surface area contributed by atoms with Crippen LogP contribution >= 0.6 is 23.7 Å². The number of thiazole rings is 1. The molecule has 1 aromatic carbocycles. The summed E-state index contributed by atoms with van der Waals surface area (Å²) in [5, 5.41) is 5.75. The Kier molecular flexibility index (Phi) is 6.33. The van der Waals surface area contributed by atoms with Crippen LogP contribution in [0.4, 0.5) is 5.69 Å². The van der Waals surface area contributed by atoms with E-state index < -0.39 is 5.54 Å². The molecule has 6 heteroatoms. The van der Waals surface area contributed by atoms with Crippen LogP contribution in [0.15, 0.2) is 35.8 Å². The zero-order valence-electron chi connectivity index (χ0n) is 12.1. The van der Waals surface area contributed by atoms with Crippen molar-refractivity contribution in [1.82, 2.24) is 4.98 Å². The molecule has 1 aromatic heterocycles. The molecule has 0 bridgehead atoms. The third kappa shape index (κ3) is 4.52. The summed E-state index contributed by atoms with van der Waals surface area (Å²) in [5.41, 5.74) is 6.93. The predicted octanol–water partition coefficient (Wildman–Crippen LogP) is 3.69. The van der Waals surface area contributed by atoms with E-state index in [1.807, 2.05) is 36.6 Å². The molecule has 0 aliphatic heterocycles. The van der Waals surface area contributed by atoms with Crippen molar-refractivity contribution in [1.29, 1.82) is 0 Å². The first kappa shape index (κ1) is 17.6. The number of hydrogen-bond donors (Lipinski definition) is 2. The van der Waals surface area contributed by atoms with Crippen LogP contribution in [0.2, 0.25) is 0 Å². The number of nitrogens with one attached hydrogen (secondary N) is 1. The van der Waals surface area contributed by atoms with Crippen molar-refractivity contribution in [3.05, 3.63) is 35.8 Å². The Labute approximate surface area is 135 Å². The Morgan fingerprint density at radius 3 is 2.86 bits per heavy atom. The van der Waals surface area contributed by atoms with Crippen LogP contribution in [0.3, 0.4) is 0 Å². The summed E-state index contributed by atoms with van der Waals surface area (Å²) >= 11 is 1.57. The molecule has 0 spiro atoms. The molecule has 0 aliphatic rings. The lowest BCUT2D eigenvalue weighted by Crippen LogP contribution is -2.48. The molecule has 0 saturated carbocycles. The number of carbonyl (C=O) groups excluding carboxylic acids is 1. The highest BCUT2D eigenvalue weighted by atomic mass is 35.5. The van der Waals surface area contributed by atoms with Crippen molar-refractivity contribution in [2.24, 2.45) is 5.73 Å². The minimum Gasteiger partial charge on any atom is -0.324 e. The Morgan fingerprint density at radius 2 is 2.24 bits per heavy atom. The van der Waals surface area contributed by atoms with E-state index in [0.29, 0.717) is 6.42 Å². The maximum absolute atomic E-state index is 12.2. The van der Waals surface area contributed by atoms with Gasteiger partial charge < -0.3 is 11.1 Å². The molecule has 0 aliphatic carbocycles. The maximum Gasteiger partial charge on any atom is 0.244 e. The molecule has 1 amide bonds. The van der Waals surface area contributed by atoms with Crippen molar-refractivity contribution < 1.29 is 4.79 Å². The molecule has 3 N–H and O–H groups in total. The van der Waals surface area contributed by atoms with E-state index in [1.165, 1.54) is 0 Å². The van der Waals surface area contributed by atoms with E-state index in [0.717, 1.165) is 22.7 Å². The van der Waals surface area contributed by atoms with Gasteiger partial charge in [-0.05, 0) is 25.5 Å². The molecule has 114 valence electrons. The first-order valence-corrected chi connectivity index (χ1v) is 7.51. The second-order valence-corrected chi connectivity index (χ2v) is 5.93. The first-order chi connectivity index (χ1) is 9.53. The van der Waals surface area contributed by atoms with Crippen LogP contribution in [-0.2, 0) is 4.79 Å². The van der Waals surface area contributed by atoms with Crippen LogP contribution in [0, 0.1) is 0 Å². The minimum atomic E-state index is -0.841. The summed E-state index contributed by atoms with van der Waals surface area (Å²) in [6, 6.07) is 7.65. The van der Waals surface area contributed by atoms with Gasteiger partial charge in [-0.3, -0.25) is 4.79 Å². The highest BCUT2D eigenvalue weighted by molar-refractivity contribution is 7.13. The van der Waals surface area contributed by atoms with E-state index in [4.69, 9.17) is 5.73 Å². The highest BCUT2D eigenvalue weighted by Gasteiger charge is 2.27. The number of carbonyl (C=O) groups is 1. The standard InChI is InChI=1S/C15H19N3OS.ClH/c1-3-7-15(2,16)14(19)18-12-6-4-5-11(10-12)13-17-8-9-20-13;/h4-6,8-10H,3,7,16H2,1-2H3,(H,18,19);1H. The van der Waals surface area contributed by atoms with E-state index in [2.05, 4.69) is 10.3 Å². The molecule has 1 unspecified atom stereocenters. The number of aromatic nitrogens is 1. The predicted molar refractivity (Wildman–Crippen MR) is 90.9 cm³/mol. The molecular weight excluding hydrogens is 306 g/mol. The minimum absolute atomic E-state index is 0. The zero-order valence-corrected chi connectivity index (χ0v) is 13.8. The number of nitrogens with zero attached hydrogens (tertiary/aromatic N) is 1. The quantitative estimate of drug-likeness (QED) is 0.881. The van der Waals surface area contributed by atoms with Gasteiger partial charge in [0.25, 0.3) is 0 Å². The Hall–Kier alpha value is -1.43. The van der Waals surface area contributed by atoms with Crippen LogP contribution in [0.1, 0.15) is 26.7 Å². The maximum atomic E-state index is 12.2. The van der Waals surface area contributed by atoms with Crippen LogP contribution in [-0.4, -0.2) is 16.4 Å². The van der Waals surface area contributed by atoms with Crippen molar-refractivity contribution in [3.8, 4) is 10.6 Å². The van der Waals surface area contributed by atoms with E-state index in [-0.39, 0.29) is 18.3 Å². The monoisotopic (exact) mass is 325 g/mol. The third-order valence-electron chi connectivity index (χ3n) is 3.09. The van der Waals surface area contributed by atoms with Crippen molar-refractivity contribution in [2.75, 3.05) is 5.32 Å². The van der Waals surface area contributed by atoms with E-state index >= 15 is 0 Å². The molecule has 2 aromatic rings. The van der Waals surface area contributed by atoms with Crippen molar-refractivity contribution >= 4 is 35.3 Å². The van der Waals surface area contributed by atoms with Crippen molar-refractivity contribution in [2.45, 2.75) is 32.2 Å². The summed E-state index contributed by atoms with van der Waals surface area (Å²) in [6.45, 7) is 3.78. The summed E-state index contributed by atoms with van der Waals surface area (Å²) in [6.07, 6.45) is 3.30. The molecule has 1 heterocycles. The van der Waals surface area contributed by atoms with Gasteiger partial charge in [0.1, 0.15) is 5.01 Å². The topological polar surface area (TPSA) is 68.0 Å². The molecule has 4 nitrogen and oxygen atoms in total. The first-order valence-electron chi connectivity index (χ1n) is 6.63. The Morgan fingerprint density at radius 1 is 1.48 bits per heavy atom. The number of benzene rings is 1. The fraction of sp³-hybridized carbons (Fsp3) is 0.333. The fourth-order valence-electron chi connectivity index (χ4n) is 2.00. The van der Waals surface area contributed by atoms with Gasteiger partial charge in [0, 0.05) is 22.8 Å². The Bertz CT molecular complexity index is 584. The van der Waals surface area contributed by atoms with Gasteiger partial charge in [0.15, 0.2) is 0 Å². The third-order valence-corrected chi connectivity index (χ3v) is 3.91. The molecule has 1 atom stereocenters. The van der Waals surface area contributed by atoms with Crippen molar-refractivity contribution in [3.63, 3.8) is 0 Å². The number of amides is 1. The number of rotatable bonds is 5. The second-order valence-electron chi connectivity index (χ2n) is 5.04.